The summed E-state index contributed by atoms with van der Waals surface area (Å²) in [5.41, 5.74) is 7.99. The smallest absolute Gasteiger partial charge is 0.237 e. The van der Waals surface area contributed by atoms with Crippen molar-refractivity contribution in [2.45, 2.75) is 31.8 Å². The summed E-state index contributed by atoms with van der Waals surface area (Å²) in [4.78, 5) is 11.4. The number of hydrogen-bond acceptors (Lipinski definition) is 3. The van der Waals surface area contributed by atoms with Gasteiger partial charge in [0.1, 0.15) is 0 Å². The molecule has 0 unspecified atom stereocenters. The van der Waals surface area contributed by atoms with Crippen molar-refractivity contribution in [3.63, 3.8) is 0 Å². The lowest BCUT2D eigenvalue weighted by Gasteiger charge is -2.12. The lowest BCUT2D eigenvalue weighted by molar-refractivity contribution is -0.121. The molecule has 1 saturated carbocycles. The van der Waals surface area contributed by atoms with Gasteiger partial charge in [0.05, 0.1) is 16.9 Å². The largest absolute Gasteiger partial charge is 0.368 e. The fourth-order valence-electron chi connectivity index (χ4n) is 2.28. The number of benzene rings is 1. The van der Waals surface area contributed by atoms with E-state index in [0.29, 0.717) is 6.54 Å². The van der Waals surface area contributed by atoms with Crippen molar-refractivity contribution in [2.24, 2.45) is 5.73 Å². The summed E-state index contributed by atoms with van der Waals surface area (Å²) in [6, 6.07) is 9.96. The average Bonchev–Trinajstić information content (AvgIpc) is 3.16. The first-order valence-corrected chi connectivity index (χ1v) is 6.76. The van der Waals surface area contributed by atoms with E-state index in [1.54, 1.807) is 0 Å². The molecule has 1 aromatic carbocycles. The first-order chi connectivity index (χ1) is 9.61. The second-order valence-electron chi connectivity index (χ2n) is 5.32. The van der Waals surface area contributed by atoms with Crippen LogP contribution in [0.3, 0.4) is 0 Å². The molecule has 3 N–H and O–H groups in total. The van der Waals surface area contributed by atoms with Crippen LogP contribution in [-0.4, -0.2) is 21.2 Å². The fourth-order valence-corrected chi connectivity index (χ4v) is 2.28. The van der Waals surface area contributed by atoms with Gasteiger partial charge in [-0.05, 0) is 31.9 Å². The van der Waals surface area contributed by atoms with Crippen molar-refractivity contribution in [3.8, 4) is 5.69 Å². The lowest BCUT2D eigenvalue weighted by Crippen LogP contribution is -2.43. The number of aromatic nitrogens is 2. The molecule has 3 rings (SSSR count). The SMILES string of the molecule is Cc1nn(-c2ccccc2)cc1CNC1(C(N)=O)CC1. The number of nitrogens with zero attached hydrogens (tertiary/aromatic N) is 2. The van der Waals surface area contributed by atoms with Gasteiger partial charge in [-0.1, -0.05) is 18.2 Å². The molecule has 5 nitrogen and oxygen atoms in total. The van der Waals surface area contributed by atoms with Gasteiger partial charge < -0.3 is 5.73 Å². The Labute approximate surface area is 117 Å². The van der Waals surface area contributed by atoms with Crippen molar-refractivity contribution >= 4 is 5.91 Å². The molecule has 1 heterocycles. The molecule has 5 heteroatoms. The highest BCUT2D eigenvalue weighted by molar-refractivity contribution is 5.87. The van der Waals surface area contributed by atoms with Crippen LogP contribution in [0.4, 0.5) is 0 Å². The van der Waals surface area contributed by atoms with Gasteiger partial charge in [-0.25, -0.2) is 4.68 Å². The first kappa shape index (κ1) is 12.9. The number of nitrogens with one attached hydrogen (secondary N) is 1. The zero-order valence-corrected chi connectivity index (χ0v) is 11.5. The molecule has 0 saturated heterocycles. The van der Waals surface area contributed by atoms with Crippen molar-refractivity contribution in [3.05, 3.63) is 47.8 Å². The zero-order chi connectivity index (χ0) is 14.2. The van der Waals surface area contributed by atoms with Gasteiger partial charge in [0, 0.05) is 18.3 Å². The van der Waals surface area contributed by atoms with Gasteiger partial charge in [0.15, 0.2) is 0 Å². The maximum Gasteiger partial charge on any atom is 0.237 e. The van der Waals surface area contributed by atoms with E-state index in [4.69, 9.17) is 5.73 Å². The summed E-state index contributed by atoms with van der Waals surface area (Å²) in [7, 11) is 0. The molecular weight excluding hydrogens is 252 g/mol. The Hall–Kier alpha value is -2.14. The Morgan fingerprint density at radius 1 is 1.40 bits per heavy atom. The molecule has 2 aromatic rings. The Morgan fingerprint density at radius 2 is 2.10 bits per heavy atom. The van der Waals surface area contributed by atoms with E-state index in [2.05, 4.69) is 10.4 Å². The van der Waals surface area contributed by atoms with E-state index in [9.17, 15) is 4.79 Å². The standard InChI is InChI=1S/C15H18N4O/c1-11-12(9-17-15(7-8-15)14(16)20)10-19(18-11)13-5-3-2-4-6-13/h2-6,10,17H,7-9H2,1H3,(H2,16,20). The van der Waals surface area contributed by atoms with E-state index in [0.717, 1.165) is 29.8 Å². The molecule has 0 atom stereocenters. The highest BCUT2D eigenvalue weighted by Crippen LogP contribution is 2.35. The number of primary amides is 1. The minimum absolute atomic E-state index is 0.259. The van der Waals surface area contributed by atoms with E-state index >= 15 is 0 Å². The van der Waals surface area contributed by atoms with Crippen LogP contribution in [0.5, 0.6) is 0 Å². The van der Waals surface area contributed by atoms with Crippen LogP contribution in [0, 0.1) is 6.92 Å². The molecule has 0 bridgehead atoms. The third-order valence-corrected chi connectivity index (χ3v) is 3.86. The molecule has 0 spiro atoms. The quantitative estimate of drug-likeness (QED) is 0.859. The van der Waals surface area contributed by atoms with Crippen LogP contribution in [0.25, 0.3) is 5.69 Å². The van der Waals surface area contributed by atoms with Crippen molar-refractivity contribution < 1.29 is 4.79 Å². The number of para-hydroxylation sites is 1. The average molecular weight is 270 g/mol. The molecule has 104 valence electrons. The minimum Gasteiger partial charge on any atom is -0.368 e. The van der Waals surface area contributed by atoms with Crippen LogP contribution in [0.15, 0.2) is 36.5 Å². The Balaban J connectivity index is 1.75. The normalized spacial score (nSPS) is 16.1. The van der Waals surface area contributed by atoms with Crippen LogP contribution in [0.1, 0.15) is 24.1 Å². The maximum atomic E-state index is 11.4. The topological polar surface area (TPSA) is 72.9 Å². The zero-order valence-electron chi connectivity index (χ0n) is 11.5. The van der Waals surface area contributed by atoms with Crippen molar-refractivity contribution in [1.29, 1.82) is 0 Å². The van der Waals surface area contributed by atoms with E-state index in [1.807, 2.05) is 48.1 Å². The molecular formula is C15H18N4O. The molecule has 0 radical (unpaired) electrons. The number of hydrogen-bond donors (Lipinski definition) is 2. The molecule has 1 aromatic heterocycles. The van der Waals surface area contributed by atoms with Crippen LogP contribution in [0.2, 0.25) is 0 Å². The summed E-state index contributed by atoms with van der Waals surface area (Å²) in [5, 5.41) is 7.77. The highest BCUT2D eigenvalue weighted by Gasteiger charge is 2.48. The second kappa shape index (κ2) is 4.76. The van der Waals surface area contributed by atoms with Crippen LogP contribution in [-0.2, 0) is 11.3 Å². The van der Waals surface area contributed by atoms with Gasteiger partial charge in [-0.3, -0.25) is 10.1 Å². The number of carbonyl (C=O) groups is 1. The number of carbonyl (C=O) groups excluding carboxylic acids is 1. The third kappa shape index (κ3) is 2.32. The molecule has 1 aliphatic rings. The maximum absolute atomic E-state index is 11.4. The summed E-state index contributed by atoms with van der Waals surface area (Å²) in [6.45, 7) is 2.59. The van der Waals surface area contributed by atoms with E-state index < -0.39 is 5.54 Å². The van der Waals surface area contributed by atoms with Crippen molar-refractivity contribution in [1.82, 2.24) is 15.1 Å². The number of aryl methyl sites for hydroxylation is 1. The Morgan fingerprint density at radius 3 is 2.70 bits per heavy atom. The molecule has 1 aliphatic carbocycles. The molecule has 20 heavy (non-hydrogen) atoms. The summed E-state index contributed by atoms with van der Waals surface area (Å²) < 4.78 is 1.86. The minimum atomic E-state index is -0.485. The van der Waals surface area contributed by atoms with Crippen LogP contribution >= 0.6 is 0 Å². The molecule has 1 fully saturated rings. The molecule has 0 aliphatic heterocycles. The van der Waals surface area contributed by atoms with E-state index in [1.165, 1.54) is 0 Å². The summed E-state index contributed by atoms with van der Waals surface area (Å²) in [5.74, 6) is -0.259. The summed E-state index contributed by atoms with van der Waals surface area (Å²) >= 11 is 0. The monoisotopic (exact) mass is 270 g/mol. The fraction of sp³-hybridized carbons (Fsp3) is 0.333. The predicted octanol–water partition coefficient (Wildman–Crippen LogP) is 1.29. The summed E-state index contributed by atoms with van der Waals surface area (Å²) in [6.07, 6.45) is 3.65. The van der Waals surface area contributed by atoms with E-state index in [-0.39, 0.29) is 5.91 Å². The van der Waals surface area contributed by atoms with Gasteiger partial charge in [-0.2, -0.15) is 5.10 Å². The molecule has 1 amide bonds. The van der Waals surface area contributed by atoms with Crippen molar-refractivity contribution in [2.75, 3.05) is 0 Å². The highest BCUT2D eigenvalue weighted by atomic mass is 16.1. The van der Waals surface area contributed by atoms with Gasteiger partial charge in [0.25, 0.3) is 0 Å². The van der Waals surface area contributed by atoms with Crippen LogP contribution < -0.4 is 11.1 Å². The number of rotatable bonds is 5. The Bertz CT molecular complexity index is 629. The third-order valence-electron chi connectivity index (χ3n) is 3.86. The van der Waals surface area contributed by atoms with Gasteiger partial charge in [0.2, 0.25) is 5.91 Å². The Kier molecular flexibility index (Phi) is 3.06. The number of nitrogens with two attached hydrogens (primary N) is 1. The number of amides is 1. The second-order valence-corrected chi connectivity index (χ2v) is 5.32. The van der Waals surface area contributed by atoms with Gasteiger partial charge in [-0.15, -0.1) is 0 Å². The first-order valence-electron chi connectivity index (χ1n) is 6.76. The predicted molar refractivity (Wildman–Crippen MR) is 76.3 cm³/mol. The van der Waals surface area contributed by atoms with Gasteiger partial charge >= 0.3 is 0 Å². The lowest BCUT2D eigenvalue weighted by atomic mass is 10.2.